The molecule has 9 nitrogen and oxygen atoms in total. The normalized spacial score (nSPS) is 12.2. The van der Waals surface area contributed by atoms with E-state index in [1.165, 1.54) is 6.20 Å². The number of benzene rings is 2. The third kappa shape index (κ3) is 9.79. The molecule has 0 bridgehead atoms. The lowest BCUT2D eigenvalue weighted by atomic mass is 9.98. The molecule has 1 atom stereocenters. The number of hydrogen-bond donors (Lipinski definition) is 2. The van der Waals surface area contributed by atoms with Gasteiger partial charge in [0.25, 0.3) is 11.8 Å². The van der Waals surface area contributed by atoms with Crippen molar-refractivity contribution >= 4 is 11.8 Å². The summed E-state index contributed by atoms with van der Waals surface area (Å²) < 4.78 is 11.5. The van der Waals surface area contributed by atoms with E-state index in [2.05, 4.69) is 15.6 Å². The quantitative estimate of drug-likeness (QED) is 0.252. The summed E-state index contributed by atoms with van der Waals surface area (Å²) >= 11 is 0. The van der Waals surface area contributed by atoms with E-state index in [9.17, 15) is 14.8 Å². The maximum atomic E-state index is 12.8. The highest BCUT2D eigenvalue weighted by Gasteiger charge is 2.14. The van der Waals surface area contributed by atoms with Crippen molar-refractivity contribution in [3.63, 3.8) is 0 Å². The van der Waals surface area contributed by atoms with Crippen LogP contribution in [0.3, 0.4) is 0 Å². The van der Waals surface area contributed by atoms with E-state index in [0.717, 1.165) is 16.2 Å². The van der Waals surface area contributed by atoms with Crippen molar-refractivity contribution in [2.75, 3.05) is 26.9 Å². The van der Waals surface area contributed by atoms with E-state index in [4.69, 9.17) is 9.47 Å². The zero-order valence-electron chi connectivity index (χ0n) is 23.2. The number of ether oxygens (including phenoxy) is 2. The number of nitrogens with zero attached hydrogens (tertiary/aromatic N) is 2. The van der Waals surface area contributed by atoms with Crippen molar-refractivity contribution in [2.45, 2.75) is 45.6 Å². The van der Waals surface area contributed by atoms with E-state index >= 15 is 0 Å². The maximum Gasteiger partial charge on any atom is 0.269 e. The van der Waals surface area contributed by atoms with E-state index in [1.807, 2.05) is 70.2 Å². The highest BCUT2D eigenvalue weighted by Crippen LogP contribution is 2.23. The molecule has 3 rings (SSSR count). The number of hydroxylamine groups is 2. The largest absolute Gasteiger partial charge is 0.784 e. The fraction of sp³-hybridized carbons (Fsp3) is 0.367. The van der Waals surface area contributed by atoms with Crippen LogP contribution in [0.5, 0.6) is 11.5 Å². The minimum atomic E-state index is -0.379. The summed E-state index contributed by atoms with van der Waals surface area (Å²) in [5, 5.41) is 18.6. The fourth-order valence-corrected chi connectivity index (χ4v) is 3.77. The third-order valence-corrected chi connectivity index (χ3v) is 5.86. The summed E-state index contributed by atoms with van der Waals surface area (Å²) in [6.45, 7) is 8.39. The Balaban J connectivity index is 1.52. The lowest BCUT2D eigenvalue weighted by molar-refractivity contribution is -0.0504. The van der Waals surface area contributed by atoms with Gasteiger partial charge in [-0.05, 0) is 81.1 Å². The molecule has 0 fully saturated rings. The average Bonchev–Trinajstić information content (AvgIpc) is 2.91. The predicted molar refractivity (Wildman–Crippen MR) is 151 cm³/mol. The monoisotopic (exact) mass is 533 g/mol. The van der Waals surface area contributed by atoms with Gasteiger partial charge < -0.3 is 30.4 Å². The minimum Gasteiger partial charge on any atom is -0.784 e. The summed E-state index contributed by atoms with van der Waals surface area (Å²) in [5.74, 6) is 0.599. The van der Waals surface area contributed by atoms with Gasteiger partial charge in [-0.25, -0.2) is 0 Å². The molecule has 0 aliphatic heterocycles. The van der Waals surface area contributed by atoms with Crippen LogP contribution in [0.25, 0.3) is 0 Å². The lowest BCUT2D eigenvalue weighted by Crippen LogP contribution is -2.30. The van der Waals surface area contributed by atoms with Gasteiger partial charge in [0.1, 0.15) is 17.2 Å². The van der Waals surface area contributed by atoms with E-state index < -0.39 is 0 Å². The topological polar surface area (TPSA) is 116 Å². The Hall–Kier alpha value is -3.79. The molecule has 1 aromatic heterocycles. The molecule has 1 unspecified atom stereocenters. The number of aromatic nitrogens is 1. The Morgan fingerprint density at radius 1 is 1.03 bits per heavy atom. The number of rotatable bonds is 12. The van der Waals surface area contributed by atoms with Crippen LogP contribution in [0.2, 0.25) is 0 Å². The van der Waals surface area contributed by atoms with Crippen molar-refractivity contribution < 1.29 is 19.1 Å². The molecule has 0 aliphatic carbocycles. The molecule has 0 aliphatic rings. The molecule has 0 saturated carbocycles. The van der Waals surface area contributed by atoms with Crippen LogP contribution in [0.4, 0.5) is 0 Å². The Morgan fingerprint density at radius 2 is 1.77 bits per heavy atom. The fourth-order valence-electron chi connectivity index (χ4n) is 3.77. The van der Waals surface area contributed by atoms with Gasteiger partial charge in [0.2, 0.25) is 0 Å². The zero-order chi connectivity index (χ0) is 28.4. The third-order valence-electron chi connectivity index (χ3n) is 5.86. The smallest absolute Gasteiger partial charge is 0.269 e. The Morgan fingerprint density at radius 3 is 2.51 bits per heavy atom. The van der Waals surface area contributed by atoms with Crippen molar-refractivity contribution in [3.8, 4) is 11.5 Å². The minimum absolute atomic E-state index is 0.000137. The molecule has 39 heavy (non-hydrogen) atoms. The number of hydrogen-bond acceptors (Lipinski definition) is 7. The molecular weight excluding hydrogens is 496 g/mol. The lowest BCUT2D eigenvalue weighted by Gasteiger charge is -2.34. The van der Waals surface area contributed by atoms with E-state index in [1.54, 1.807) is 25.2 Å². The highest BCUT2D eigenvalue weighted by atomic mass is 16.6. The first-order chi connectivity index (χ1) is 18.5. The second-order valence-electron chi connectivity index (χ2n) is 10.3. The number of nitrogens with one attached hydrogen (secondary N) is 2. The molecule has 2 N–H and O–H groups in total. The maximum absolute atomic E-state index is 12.8. The first-order valence-electron chi connectivity index (χ1n) is 12.9. The molecule has 0 radical (unpaired) electrons. The zero-order valence-corrected chi connectivity index (χ0v) is 23.2. The van der Waals surface area contributed by atoms with Crippen molar-refractivity contribution in [3.05, 3.63) is 94.5 Å². The summed E-state index contributed by atoms with van der Waals surface area (Å²) in [6, 6.07) is 18.2. The van der Waals surface area contributed by atoms with E-state index in [-0.39, 0.29) is 42.3 Å². The van der Waals surface area contributed by atoms with Crippen LogP contribution in [0.15, 0.2) is 66.9 Å². The summed E-state index contributed by atoms with van der Waals surface area (Å²) in [7, 11) is 1.55. The SMILES string of the molecule is CNC(=O)c1cc(Oc2cccc(CCNC(=O)c3cccc(C(C)CN([O-])COC(C)(C)C)c3)c2)ccn1. The molecule has 208 valence electrons. The van der Waals surface area contributed by atoms with Gasteiger partial charge in [0, 0.05) is 31.4 Å². The Kier molecular flexibility index (Phi) is 10.6. The standard InChI is InChI=1S/C30H37N4O5/c1-21(19-34(37)20-38-30(2,3)4)23-9-7-10-24(17-23)28(35)33-14-12-22-8-6-11-25(16-22)39-26-13-15-32-27(18-26)29(36)31-5/h6-11,13,15-18,21H,12,14,19-20H2,1-5H3,(H,31,36)(H,33,35)/q-1. The number of pyridine rings is 1. The summed E-state index contributed by atoms with van der Waals surface area (Å²) in [5.41, 5.74) is 2.34. The van der Waals surface area contributed by atoms with E-state index in [0.29, 0.717) is 30.0 Å². The number of amides is 2. The van der Waals surface area contributed by atoms with Crippen molar-refractivity contribution in [2.24, 2.45) is 0 Å². The highest BCUT2D eigenvalue weighted by molar-refractivity contribution is 5.94. The van der Waals surface area contributed by atoms with Crippen molar-refractivity contribution in [1.82, 2.24) is 20.7 Å². The number of carbonyl (C=O) groups excluding carboxylic acids is 2. The van der Waals surface area contributed by atoms with Gasteiger partial charge in [0.15, 0.2) is 0 Å². The molecule has 2 aromatic carbocycles. The first kappa shape index (κ1) is 29.8. The second kappa shape index (κ2) is 13.8. The van der Waals surface area contributed by atoms with Crippen molar-refractivity contribution in [1.29, 1.82) is 0 Å². The molecule has 2 amide bonds. The average molecular weight is 534 g/mol. The number of carbonyl (C=O) groups is 2. The van der Waals surface area contributed by atoms with Crippen LogP contribution in [-0.4, -0.2) is 54.3 Å². The van der Waals surface area contributed by atoms with Gasteiger partial charge in [-0.15, -0.1) is 0 Å². The Labute approximate surface area is 230 Å². The van der Waals surface area contributed by atoms with Gasteiger partial charge in [-0.2, -0.15) is 0 Å². The van der Waals surface area contributed by atoms with Gasteiger partial charge >= 0.3 is 0 Å². The van der Waals surface area contributed by atoms with Crippen LogP contribution < -0.4 is 15.4 Å². The molecule has 0 spiro atoms. The van der Waals surface area contributed by atoms with Crippen LogP contribution in [0, 0.1) is 5.21 Å². The molecular formula is C30H37N4O5-. The Bertz CT molecular complexity index is 1260. The van der Waals surface area contributed by atoms with Crippen LogP contribution >= 0.6 is 0 Å². The van der Waals surface area contributed by atoms with Crippen LogP contribution in [0.1, 0.15) is 65.6 Å². The molecule has 3 aromatic rings. The van der Waals surface area contributed by atoms with Gasteiger partial charge in [-0.3, -0.25) is 14.6 Å². The first-order valence-corrected chi connectivity index (χ1v) is 12.9. The molecule has 1 heterocycles. The van der Waals surface area contributed by atoms with Crippen LogP contribution in [-0.2, 0) is 11.2 Å². The summed E-state index contributed by atoms with van der Waals surface area (Å²) in [4.78, 5) is 28.7. The molecule has 9 heteroatoms. The van der Waals surface area contributed by atoms with Gasteiger partial charge in [-0.1, -0.05) is 31.2 Å². The predicted octanol–water partition coefficient (Wildman–Crippen LogP) is 4.88. The second-order valence-corrected chi connectivity index (χ2v) is 10.3. The van der Waals surface area contributed by atoms with Gasteiger partial charge in [0.05, 0.1) is 12.3 Å². The summed E-state index contributed by atoms with van der Waals surface area (Å²) in [6.07, 6.45) is 2.13. The molecule has 0 saturated heterocycles.